The molecule has 0 radical (unpaired) electrons. The van der Waals surface area contributed by atoms with Gasteiger partial charge in [-0.1, -0.05) is 19.8 Å². The molecule has 0 fully saturated rings. The molecule has 20 heavy (non-hydrogen) atoms. The van der Waals surface area contributed by atoms with E-state index in [0.29, 0.717) is 12.6 Å². The van der Waals surface area contributed by atoms with E-state index in [0.717, 1.165) is 31.9 Å². The van der Waals surface area contributed by atoms with Gasteiger partial charge in [0.15, 0.2) is 0 Å². The highest BCUT2D eigenvalue weighted by Crippen LogP contribution is 2.33. The predicted octanol–water partition coefficient (Wildman–Crippen LogP) is 4.00. The second-order valence-electron chi connectivity index (χ2n) is 4.44. The number of alkyl halides is 3. The summed E-state index contributed by atoms with van der Waals surface area (Å²) in [6.07, 6.45) is -1.37. The lowest BCUT2D eigenvalue weighted by atomic mass is 10.2. The predicted molar refractivity (Wildman–Crippen MR) is 69.3 cm³/mol. The Bertz CT molecular complexity index is 407. The third kappa shape index (κ3) is 5.77. The van der Waals surface area contributed by atoms with Gasteiger partial charge < -0.3 is 10.1 Å². The second-order valence-corrected chi connectivity index (χ2v) is 4.44. The molecule has 0 bridgehead atoms. The van der Waals surface area contributed by atoms with E-state index < -0.39 is 17.6 Å². The third-order valence-corrected chi connectivity index (χ3v) is 2.75. The molecule has 0 heterocycles. The van der Waals surface area contributed by atoms with Crippen LogP contribution >= 0.6 is 0 Å². The molecule has 0 unspecified atom stereocenters. The molecule has 2 nitrogen and oxygen atoms in total. The number of unbranched alkanes of at least 4 members (excludes halogenated alkanes) is 2. The maximum Gasteiger partial charge on any atom is 0.419 e. The van der Waals surface area contributed by atoms with Crippen LogP contribution in [0.3, 0.4) is 0 Å². The smallest absolute Gasteiger partial charge is 0.419 e. The van der Waals surface area contributed by atoms with Crippen LogP contribution in [0.2, 0.25) is 0 Å². The van der Waals surface area contributed by atoms with Crippen LogP contribution in [-0.4, -0.2) is 19.7 Å². The Kier molecular flexibility index (Phi) is 6.78. The molecule has 1 aromatic rings. The first-order valence-electron chi connectivity index (χ1n) is 6.65. The Morgan fingerprint density at radius 2 is 1.90 bits per heavy atom. The number of ether oxygens (including phenoxy) is 1. The zero-order chi connectivity index (χ0) is 15.0. The average Bonchev–Trinajstić information content (AvgIpc) is 2.38. The van der Waals surface area contributed by atoms with Crippen molar-refractivity contribution < 1.29 is 22.3 Å². The molecule has 0 amide bonds. The molecular formula is C14H19F4NO. The minimum absolute atomic E-state index is 0.0223. The number of halogens is 4. The van der Waals surface area contributed by atoms with Crippen molar-refractivity contribution in [1.82, 2.24) is 5.32 Å². The number of rotatable bonds is 8. The number of hydrogen-bond donors (Lipinski definition) is 1. The van der Waals surface area contributed by atoms with Crippen LogP contribution in [0.1, 0.15) is 31.7 Å². The van der Waals surface area contributed by atoms with Crippen molar-refractivity contribution in [2.75, 3.05) is 19.7 Å². The third-order valence-electron chi connectivity index (χ3n) is 2.75. The highest BCUT2D eigenvalue weighted by molar-refractivity contribution is 5.31. The lowest BCUT2D eigenvalue weighted by Gasteiger charge is -2.11. The number of benzene rings is 1. The lowest BCUT2D eigenvalue weighted by Crippen LogP contribution is -2.22. The molecule has 0 saturated carbocycles. The minimum Gasteiger partial charge on any atom is -0.492 e. The summed E-state index contributed by atoms with van der Waals surface area (Å²) in [5.41, 5.74) is -1.30. The summed E-state index contributed by atoms with van der Waals surface area (Å²) in [5, 5.41) is 3.13. The first kappa shape index (κ1) is 16.8. The standard InChI is InChI=1S/C14H19F4NO/c1-2-3-4-7-19-8-9-20-11-5-6-13(15)12(10-11)14(16,17)18/h5-6,10,19H,2-4,7-9H2,1H3. The van der Waals surface area contributed by atoms with Crippen molar-refractivity contribution in [3.63, 3.8) is 0 Å². The van der Waals surface area contributed by atoms with Gasteiger partial charge in [-0.3, -0.25) is 0 Å². The van der Waals surface area contributed by atoms with Crippen LogP contribution in [-0.2, 0) is 6.18 Å². The number of nitrogens with one attached hydrogen (secondary N) is 1. The molecule has 0 aromatic heterocycles. The summed E-state index contributed by atoms with van der Waals surface area (Å²) in [4.78, 5) is 0. The van der Waals surface area contributed by atoms with Gasteiger partial charge in [0.25, 0.3) is 0 Å². The molecule has 0 aliphatic rings. The molecule has 1 N–H and O–H groups in total. The SMILES string of the molecule is CCCCCNCCOc1ccc(F)c(C(F)(F)F)c1. The summed E-state index contributed by atoms with van der Waals surface area (Å²) in [6, 6.07) is 2.65. The Morgan fingerprint density at radius 3 is 2.55 bits per heavy atom. The van der Waals surface area contributed by atoms with Crippen molar-refractivity contribution in [2.24, 2.45) is 0 Å². The van der Waals surface area contributed by atoms with E-state index in [1.165, 1.54) is 6.07 Å². The summed E-state index contributed by atoms with van der Waals surface area (Å²) in [7, 11) is 0. The number of hydrogen-bond acceptors (Lipinski definition) is 2. The lowest BCUT2D eigenvalue weighted by molar-refractivity contribution is -0.140. The molecule has 0 atom stereocenters. The van der Waals surface area contributed by atoms with Gasteiger partial charge in [-0.25, -0.2) is 4.39 Å². The molecule has 1 aromatic carbocycles. The summed E-state index contributed by atoms with van der Waals surface area (Å²) >= 11 is 0. The van der Waals surface area contributed by atoms with Crippen molar-refractivity contribution in [3.05, 3.63) is 29.6 Å². The van der Waals surface area contributed by atoms with E-state index in [1.54, 1.807) is 0 Å². The van der Waals surface area contributed by atoms with E-state index >= 15 is 0 Å². The van der Waals surface area contributed by atoms with E-state index in [1.807, 2.05) is 0 Å². The van der Waals surface area contributed by atoms with Crippen LogP contribution < -0.4 is 10.1 Å². The zero-order valence-electron chi connectivity index (χ0n) is 11.4. The van der Waals surface area contributed by atoms with Gasteiger partial charge in [-0.2, -0.15) is 13.2 Å². The van der Waals surface area contributed by atoms with Gasteiger partial charge >= 0.3 is 6.18 Å². The quantitative estimate of drug-likeness (QED) is 0.578. The molecule has 1 rings (SSSR count). The molecule has 6 heteroatoms. The molecule has 0 aliphatic heterocycles. The monoisotopic (exact) mass is 293 g/mol. The highest BCUT2D eigenvalue weighted by Gasteiger charge is 2.34. The van der Waals surface area contributed by atoms with Crippen molar-refractivity contribution in [1.29, 1.82) is 0 Å². The van der Waals surface area contributed by atoms with Crippen LogP contribution in [0.4, 0.5) is 17.6 Å². The fourth-order valence-corrected chi connectivity index (χ4v) is 1.68. The van der Waals surface area contributed by atoms with Crippen LogP contribution in [0, 0.1) is 5.82 Å². The topological polar surface area (TPSA) is 21.3 Å². The van der Waals surface area contributed by atoms with Gasteiger partial charge in [0.2, 0.25) is 0 Å². The van der Waals surface area contributed by atoms with Gasteiger partial charge in [-0.05, 0) is 31.2 Å². The summed E-state index contributed by atoms with van der Waals surface area (Å²) in [6.45, 7) is 3.75. The molecule has 0 saturated heterocycles. The maximum absolute atomic E-state index is 13.0. The van der Waals surface area contributed by atoms with Gasteiger partial charge in [-0.15, -0.1) is 0 Å². The Hall–Kier alpha value is -1.30. The first-order chi connectivity index (χ1) is 9.45. The fourth-order valence-electron chi connectivity index (χ4n) is 1.68. The normalized spacial score (nSPS) is 11.7. The van der Waals surface area contributed by atoms with Crippen LogP contribution in [0.5, 0.6) is 5.75 Å². The van der Waals surface area contributed by atoms with E-state index in [4.69, 9.17) is 4.74 Å². The largest absolute Gasteiger partial charge is 0.492 e. The van der Waals surface area contributed by atoms with Crippen molar-refractivity contribution in [2.45, 2.75) is 32.4 Å². The Labute approximate surface area is 116 Å². The zero-order valence-corrected chi connectivity index (χ0v) is 11.4. The first-order valence-corrected chi connectivity index (χ1v) is 6.65. The molecular weight excluding hydrogens is 274 g/mol. The van der Waals surface area contributed by atoms with Crippen LogP contribution in [0.25, 0.3) is 0 Å². The van der Waals surface area contributed by atoms with Gasteiger partial charge in [0.05, 0.1) is 5.56 Å². The Morgan fingerprint density at radius 1 is 1.15 bits per heavy atom. The van der Waals surface area contributed by atoms with Crippen LogP contribution in [0.15, 0.2) is 18.2 Å². The van der Waals surface area contributed by atoms with Crippen molar-refractivity contribution in [3.8, 4) is 5.75 Å². The second kappa shape index (κ2) is 8.09. The fraction of sp³-hybridized carbons (Fsp3) is 0.571. The maximum atomic E-state index is 13.0. The average molecular weight is 293 g/mol. The highest BCUT2D eigenvalue weighted by atomic mass is 19.4. The molecule has 114 valence electrons. The summed E-state index contributed by atoms with van der Waals surface area (Å²) < 4.78 is 55.7. The van der Waals surface area contributed by atoms with E-state index in [9.17, 15) is 17.6 Å². The van der Waals surface area contributed by atoms with Gasteiger partial charge in [0.1, 0.15) is 18.2 Å². The van der Waals surface area contributed by atoms with E-state index in [2.05, 4.69) is 12.2 Å². The summed E-state index contributed by atoms with van der Waals surface area (Å²) in [5.74, 6) is -1.27. The van der Waals surface area contributed by atoms with Crippen molar-refractivity contribution >= 4 is 0 Å². The minimum atomic E-state index is -4.71. The molecule has 0 aliphatic carbocycles. The molecule has 0 spiro atoms. The Balaban J connectivity index is 2.38. The van der Waals surface area contributed by atoms with E-state index in [-0.39, 0.29) is 12.4 Å². The van der Waals surface area contributed by atoms with Gasteiger partial charge in [0, 0.05) is 6.54 Å².